The predicted octanol–water partition coefficient (Wildman–Crippen LogP) is 3.88. The lowest BCUT2D eigenvalue weighted by atomic mass is 10.1. The van der Waals surface area contributed by atoms with E-state index >= 15 is 0 Å². The first kappa shape index (κ1) is 12.8. The molecule has 0 amide bonds. The molecular weight excluding hydrogens is 344 g/mol. The molecule has 2 aromatic carbocycles. The van der Waals surface area contributed by atoms with Gasteiger partial charge >= 0.3 is 0 Å². The van der Waals surface area contributed by atoms with Crippen LogP contribution in [0.2, 0.25) is 0 Å². The van der Waals surface area contributed by atoms with Crippen LogP contribution in [0, 0.1) is 20.7 Å². The molecule has 0 spiro atoms. The SMILES string of the molecule is N#Cc1cc(F)cc(COc2cccc(I)c2)c1. The molecule has 0 bridgehead atoms. The van der Waals surface area contributed by atoms with Crippen molar-refractivity contribution in [2.24, 2.45) is 0 Å². The molecule has 0 saturated heterocycles. The second kappa shape index (κ2) is 5.83. The first-order chi connectivity index (χ1) is 8.67. The van der Waals surface area contributed by atoms with Gasteiger partial charge in [0.1, 0.15) is 18.2 Å². The summed E-state index contributed by atoms with van der Waals surface area (Å²) in [4.78, 5) is 0. The minimum absolute atomic E-state index is 0.243. The zero-order valence-corrected chi connectivity index (χ0v) is 11.5. The van der Waals surface area contributed by atoms with Gasteiger partial charge in [-0.05, 0) is 64.6 Å². The van der Waals surface area contributed by atoms with Crippen LogP contribution >= 0.6 is 22.6 Å². The number of nitrogens with zero attached hydrogens (tertiary/aromatic N) is 1. The normalized spacial score (nSPS) is 9.83. The summed E-state index contributed by atoms with van der Waals surface area (Å²) < 4.78 is 19.8. The Balaban J connectivity index is 2.11. The van der Waals surface area contributed by atoms with E-state index in [1.807, 2.05) is 30.3 Å². The summed E-state index contributed by atoms with van der Waals surface area (Å²) in [6.45, 7) is 0.243. The Morgan fingerprint density at radius 2 is 2.06 bits per heavy atom. The van der Waals surface area contributed by atoms with Crippen molar-refractivity contribution in [1.82, 2.24) is 0 Å². The van der Waals surface area contributed by atoms with Crippen molar-refractivity contribution < 1.29 is 9.13 Å². The zero-order chi connectivity index (χ0) is 13.0. The van der Waals surface area contributed by atoms with E-state index in [1.165, 1.54) is 12.1 Å². The third kappa shape index (κ3) is 3.44. The molecule has 0 aromatic heterocycles. The van der Waals surface area contributed by atoms with Gasteiger partial charge in [-0.25, -0.2) is 4.39 Å². The van der Waals surface area contributed by atoms with Crippen LogP contribution in [0.1, 0.15) is 11.1 Å². The highest BCUT2D eigenvalue weighted by molar-refractivity contribution is 14.1. The Morgan fingerprint density at radius 1 is 1.22 bits per heavy atom. The van der Waals surface area contributed by atoms with Crippen LogP contribution in [0.15, 0.2) is 42.5 Å². The van der Waals surface area contributed by atoms with Gasteiger partial charge in [0.05, 0.1) is 11.6 Å². The van der Waals surface area contributed by atoms with Crippen LogP contribution in [0.3, 0.4) is 0 Å². The molecule has 2 aromatic rings. The molecule has 0 aliphatic rings. The van der Waals surface area contributed by atoms with Gasteiger partial charge in [0.2, 0.25) is 0 Å². The van der Waals surface area contributed by atoms with Crippen molar-refractivity contribution in [1.29, 1.82) is 5.26 Å². The summed E-state index contributed by atoms with van der Waals surface area (Å²) >= 11 is 2.19. The number of benzene rings is 2. The molecule has 2 nitrogen and oxygen atoms in total. The molecular formula is C14H9FINO. The van der Waals surface area contributed by atoms with Crippen LogP contribution in [0.5, 0.6) is 5.75 Å². The summed E-state index contributed by atoms with van der Waals surface area (Å²) in [5.41, 5.74) is 0.946. The molecule has 0 aliphatic heterocycles. The molecule has 0 unspecified atom stereocenters. The van der Waals surface area contributed by atoms with E-state index in [-0.39, 0.29) is 6.61 Å². The van der Waals surface area contributed by atoms with Crippen LogP contribution in [-0.4, -0.2) is 0 Å². The summed E-state index contributed by atoms with van der Waals surface area (Å²) in [5, 5.41) is 8.75. The van der Waals surface area contributed by atoms with Gasteiger partial charge in [-0.15, -0.1) is 0 Å². The highest BCUT2D eigenvalue weighted by Crippen LogP contribution is 2.17. The smallest absolute Gasteiger partial charge is 0.124 e. The van der Waals surface area contributed by atoms with E-state index in [0.717, 1.165) is 9.32 Å². The van der Waals surface area contributed by atoms with Gasteiger partial charge in [0.15, 0.2) is 0 Å². The van der Waals surface area contributed by atoms with E-state index in [0.29, 0.717) is 11.1 Å². The van der Waals surface area contributed by atoms with Gasteiger partial charge in [-0.3, -0.25) is 0 Å². The van der Waals surface area contributed by atoms with Gasteiger partial charge in [0, 0.05) is 3.57 Å². The van der Waals surface area contributed by atoms with Crippen molar-refractivity contribution in [2.75, 3.05) is 0 Å². The van der Waals surface area contributed by atoms with E-state index in [9.17, 15) is 4.39 Å². The third-order valence-corrected chi connectivity index (χ3v) is 2.96. The molecule has 2 rings (SSSR count). The van der Waals surface area contributed by atoms with Gasteiger partial charge in [-0.1, -0.05) is 6.07 Å². The Morgan fingerprint density at radius 3 is 2.78 bits per heavy atom. The lowest BCUT2D eigenvalue weighted by molar-refractivity contribution is 0.305. The Kier molecular flexibility index (Phi) is 4.15. The number of halogens is 2. The first-order valence-corrected chi connectivity index (χ1v) is 6.33. The molecule has 0 aliphatic carbocycles. The predicted molar refractivity (Wildman–Crippen MR) is 74.6 cm³/mol. The number of hydrogen-bond acceptors (Lipinski definition) is 2. The number of hydrogen-bond donors (Lipinski definition) is 0. The monoisotopic (exact) mass is 353 g/mol. The van der Waals surface area contributed by atoms with Crippen LogP contribution in [0.4, 0.5) is 4.39 Å². The average Bonchev–Trinajstić information content (AvgIpc) is 2.36. The minimum Gasteiger partial charge on any atom is -0.489 e. The largest absolute Gasteiger partial charge is 0.489 e. The van der Waals surface area contributed by atoms with Crippen LogP contribution in [0.25, 0.3) is 0 Å². The molecule has 0 atom stereocenters. The Hall–Kier alpha value is -1.61. The number of nitriles is 1. The lowest BCUT2D eigenvalue weighted by Crippen LogP contribution is -1.97. The average molecular weight is 353 g/mol. The van der Waals surface area contributed by atoms with Gasteiger partial charge in [-0.2, -0.15) is 5.26 Å². The number of rotatable bonds is 3. The molecule has 18 heavy (non-hydrogen) atoms. The van der Waals surface area contributed by atoms with E-state index in [1.54, 1.807) is 6.07 Å². The van der Waals surface area contributed by atoms with Crippen molar-refractivity contribution in [2.45, 2.75) is 6.61 Å². The van der Waals surface area contributed by atoms with Crippen molar-refractivity contribution >= 4 is 22.6 Å². The fourth-order valence-electron chi connectivity index (χ4n) is 1.52. The van der Waals surface area contributed by atoms with Crippen LogP contribution < -0.4 is 4.74 Å². The molecule has 0 radical (unpaired) electrons. The van der Waals surface area contributed by atoms with Crippen LogP contribution in [-0.2, 0) is 6.61 Å². The van der Waals surface area contributed by atoms with Gasteiger partial charge in [0.25, 0.3) is 0 Å². The first-order valence-electron chi connectivity index (χ1n) is 5.25. The highest BCUT2D eigenvalue weighted by Gasteiger charge is 2.02. The Labute approximate surface area is 118 Å². The molecule has 0 N–H and O–H groups in total. The van der Waals surface area contributed by atoms with Crippen molar-refractivity contribution in [3.05, 3.63) is 63.0 Å². The van der Waals surface area contributed by atoms with E-state index in [2.05, 4.69) is 22.6 Å². The molecule has 4 heteroatoms. The second-order valence-corrected chi connectivity index (χ2v) is 4.95. The molecule has 0 heterocycles. The fourth-order valence-corrected chi connectivity index (χ4v) is 2.04. The molecule has 0 fully saturated rings. The van der Waals surface area contributed by atoms with E-state index < -0.39 is 5.82 Å². The summed E-state index contributed by atoms with van der Waals surface area (Å²) in [7, 11) is 0. The summed E-state index contributed by atoms with van der Waals surface area (Å²) in [6, 6.07) is 13.7. The van der Waals surface area contributed by atoms with Gasteiger partial charge < -0.3 is 4.74 Å². The maximum Gasteiger partial charge on any atom is 0.124 e. The molecule has 90 valence electrons. The highest BCUT2D eigenvalue weighted by atomic mass is 127. The summed E-state index contributed by atoms with van der Waals surface area (Å²) in [6.07, 6.45) is 0. The Bertz CT molecular complexity index is 607. The summed E-state index contributed by atoms with van der Waals surface area (Å²) in [5.74, 6) is 0.306. The third-order valence-electron chi connectivity index (χ3n) is 2.29. The zero-order valence-electron chi connectivity index (χ0n) is 9.36. The molecule has 0 saturated carbocycles. The quantitative estimate of drug-likeness (QED) is 0.785. The fraction of sp³-hybridized carbons (Fsp3) is 0.0714. The van der Waals surface area contributed by atoms with Crippen molar-refractivity contribution in [3.8, 4) is 11.8 Å². The standard InChI is InChI=1S/C14H9FINO/c15-12-5-10(8-17)4-11(6-12)9-18-14-3-1-2-13(16)7-14/h1-7H,9H2. The lowest BCUT2D eigenvalue weighted by Gasteiger charge is -2.07. The maximum atomic E-state index is 13.2. The topological polar surface area (TPSA) is 33.0 Å². The van der Waals surface area contributed by atoms with E-state index in [4.69, 9.17) is 10.00 Å². The van der Waals surface area contributed by atoms with Crippen molar-refractivity contribution in [3.63, 3.8) is 0 Å². The minimum atomic E-state index is -0.421. The number of ether oxygens (including phenoxy) is 1. The second-order valence-electron chi connectivity index (χ2n) is 3.71. The maximum absolute atomic E-state index is 13.2.